The molecule has 0 atom stereocenters. The van der Waals surface area contributed by atoms with Crippen molar-refractivity contribution in [3.8, 4) is 11.4 Å². The number of nitrogens with zero attached hydrogens (tertiary/aromatic N) is 4. The first kappa shape index (κ1) is 13.2. The summed E-state index contributed by atoms with van der Waals surface area (Å²) in [4.78, 5) is 16.1. The smallest absolute Gasteiger partial charge is 0.361 e. The molecule has 2 heterocycles. The van der Waals surface area contributed by atoms with Crippen molar-refractivity contribution in [3.05, 3.63) is 30.1 Å². The number of carbonyl (C=O) groups is 1. The zero-order valence-electron chi connectivity index (χ0n) is 10.6. The van der Waals surface area contributed by atoms with E-state index in [1.54, 1.807) is 29.9 Å². The van der Waals surface area contributed by atoms with Crippen LogP contribution in [0.2, 0.25) is 0 Å². The molecule has 2 rings (SSSR count). The molecule has 0 aliphatic heterocycles. The minimum Gasteiger partial charge on any atom is -0.461 e. The van der Waals surface area contributed by atoms with Gasteiger partial charge in [-0.05, 0) is 19.1 Å². The molecule has 0 unspecified atom stereocenters. The van der Waals surface area contributed by atoms with Crippen molar-refractivity contribution in [1.29, 1.82) is 0 Å². The van der Waals surface area contributed by atoms with Gasteiger partial charge in [0.15, 0.2) is 5.69 Å². The van der Waals surface area contributed by atoms with Gasteiger partial charge in [0.2, 0.25) is 0 Å². The van der Waals surface area contributed by atoms with Crippen molar-refractivity contribution < 1.29 is 9.53 Å². The average Bonchev–Trinajstić information content (AvgIpc) is 2.84. The van der Waals surface area contributed by atoms with Gasteiger partial charge in [-0.3, -0.25) is 4.98 Å². The molecule has 19 heavy (non-hydrogen) atoms. The van der Waals surface area contributed by atoms with Crippen LogP contribution in [-0.2, 0) is 11.3 Å². The fraction of sp³-hybridized carbons (Fsp3) is 0.333. The van der Waals surface area contributed by atoms with Crippen LogP contribution in [0, 0.1) is 0 Å². The summed E-state index contributed by atoms with van der Waals surface area (Å²) in [6.45, 7) is 2.87. The van der Waals surface area contributed by atoms with Crippen LogP contribution in [0.25, 0.3) is 11.4 Å². The normalized spacial score (nSPS) is 10.4. The fourth-order valence-corrected chi connectivity index (χ4v) is 1.69. The molecular weight excluding hydrogens is 246 g/mol. The second-order valence-electron chi connectivity index (χ2n) is 3.73. The Balaban J connectivity index is 2.48. The maximum absolute atomic E-state index is 11.9. The number of carbonyl (C=O) groups excluding carboxylic acids is 1. The van der Waals surface area contributed by atoms with E-state index in [-0.39, 0.29) is 12.3 Å². The third kappa shape index (κ3) is 2.76. The van der Waals surface area contributed by atoms with Crippen LogP contribution in [0.3, 0.4) is 0 Å². The van der Waals surface area contributed by atoms with Crippen LogP contribution >= 0.6 is 0 Å². The Hall–Kier alpha value is -2.28. The van der Waals surface area contributed by atoms with Crippen LogP contribution in [0.4, 0.5) is 0 Å². The Kier molecular flexibility index (Phi) is 4.19. The van der Waals surface area contributed by atoms with E-state index in [1.165, 1.54) is 0 Å². The highest BCUT2D eigenvalue weighted by atomic mass is 16.5. The maximum Gasteiger partial charge on any atom is 0.361 e. The monoisotopic (exact) mass is 261 g/mol. The molecule has 0 saturated carbocycles. The molecule has 0 bridgehead atoms. The lowest BCUT2D eigenvalue weighted by Crippen LogP contribution is -2.13. The van der Waals surface area contributed by atoms with Crippen LogP contribution in [-0.4, -0.2) is 39.1 Å². The SMILES string of the molecule is CCOC(=O)c1nnn(CCN)c1-c1ccccn1. The number of nitrogens with two attached hydrogens (primary N) is 1. The molecule has 0 fully saturated rings. The standard InChI is InChI=1S/C12H15N5O2/c1-2-19-12(18)10-11(9-5-3-4-7-14-9)17(8-6-13)16-15-10/h3-5,7H,2,6,8,13H2,1H3. The Morgan fingerprint density at radius 3 is 2.95 bits per heavy atom. The van der Waals surface area contributed by atoms with Crippen molar-refractivity contribution in [2.24, 2.45) is 5.73 Å². The quantitative estimate of drug-likeness (QED) is 0.786. The molecule has 100 valence electrons. The summed E-state index contributed by atoms with van der Waals surface area (Å²) in [5.74, 6) is -0.508. The molecule has 2 N–H and O–H groups in total. The van der Waals surface area contributed by atoms with Gasteiger partial charge in [0.05, 0.1) is 18.8 Å². The number of aromatic nitrogens is 4. The molecule has 2 aromatic rings. The van der Waals surface area contributed by atoms with Gasteiger partial charge in [-0.15, -0.1) is 5.10 Å². The molecular formula is C12H15N5O2. The van der Waals surface area contributed by atoms with Crippen LogP contribution in [0.5, 0.6) is 0 Å². The minimum atomic E-state index is -0.508. The lowest BCUT2D eigenvalue weighted by atomic mass is 10.2. The number of ether oxygens (including phenoxy) is 1. The van der Waals surface area contributed by atoms with Crippen molar-refractivity contribution in [2.75, 3.05) is 13.2 Å². The second-order valence-corrected chi connectivity index (χ2v) is 3.73. The average molecular weight is 261 g/mol. The topological polar surface area (TPSA) is 95.9 Å². The third-order valence-corrected chi connectivity index (χ3v) is 2.45. The lowest BCUT2D eigenvalue weighted by molar-refractivity contribution is 0.0520. The summed E-state index contributed by atoms with van der Waals surface area (Å²) in [6.07, 6.45) is 1.64. The molecule has 2 aromatic heterocycles. The van der Waals surface area contributed by atoms with Crippen molar-refractivity contribution in [1.82, 2.24) is 20.0 Å². The highest BCUT2D eigenvalue weighted by Gasteiger charge is 2.22. The number of pyridine rings is 1. The molecule has 0 aromatic carbocycles. The van der Waals surface area contributed by atoms with Gasteiger partial charge >= 0.3 is 5.97 Å². The molecule has 0 aliphatic rings. The predicted octanol–water partition coefficient (Wildman–Crippen LogP) is 0.475. The van der Waals surface area contributed by atoms with Crippen molar-refractivity contribution in [3.63, 3.8) is 0 Å². The van der Waals surface area contributed by atoms with E-state index >= 15 is 0 Å². The van der Waals surface area contributed by atoms with Crippen LogP contribution < -0.4 is 5.73 Å². The van der Waals surface area contributed by atoms with E-state index in [0.29, 0.717) is 24.5 Å². The number of hydrogen-bond donors (Lipinski definition) is 1. The van der Waals surface area contributed by atoms with Gasteiger partial charge in [0, 0.05) is 12.7 Å². The first-order chi connectivity index (χ1) is 9.27. The van der Waals surface area contributed by atoms with Gasteiger partial charge in [0.1, 0.15) is 5.69 Å². The van der Waals surface area contributed by atoms with Crippen molar-refractivity contribution in [2.45, 2.75) is 13.5 Å². The van der Waals surface area contributed by atoms with Crippen LogP contribution in [0.15, 0.2) is 24.4 Å². The Labute approximate surface area is 110 Å². The van der Waals surface area contributed by atoms with Gasteiger partial charge in [0.25, 0.3) is 0 Å². The van der Waals surface area contributed by atoms with E-state index in [2.05, 4.69) is 15.3 Å². The molecule has 7 nitrogen and oxygen atoms in total. The highest BCUT2D eigenvalue weighted by Crippen LogP contribution is 2.20. The third-order valence-electron chi connectivity index (χ3n) is 2.45. The maximum atomic E-state index is 11.9. The molecule has 0 saturated heterocycles. The summed E-state index contributed by atoms with van der Waals surface area (Å²) >= 11 is 0. The van der Waals surface area contributed by atoms with E-state index in [4.69, 9.17) is 10.5 Å². The number of rotatable bonds is 5. The number of hydrogen-bond acceptors (Lipinski definition) is 6. The zero-order valence-corrected chi connectivity index (χ0v) is 10.6. The molecule has 0 radical (unpaired) electrons. The summed E-state index contributed by atoms with van der Waals surface area (Å²) < 4.78 is 6.53. The van der Waals surface area contributed by atoms with Gasteiger partial charge in [-0.2, -0.15) is 0 Å². The Bertz CT molecular complexity index is 553. The van der Waals surface area contributed by atoms with E-state index in [0.717, 1.165) is 0 Å². The second kappa shape index (κ2) is 6.05. The first-order valence-electron chi connectivity index (χ1n) is 6.00. The van der Waals surface area contributed by atoms with E-state index in [9.17, 15) is 4.79 Å². The molecule has 7 heteroatoms. The highest BCUT2D eigenvalue weighted by molar-refractivity contribution is 5.93. The van der Waals surface area contributed by atoms with Crippen LogP contribution in [0.1, 0.15) is 17.4 Å². The summed E-state index contributed by atoms with van der Waals surface area (Å²) in [5, 5.41) is 7.80. The summed E-state index contributed by atoms with van der Waals surface area (Å²) in [7, 11) is 0. The van der Waals surface area contributed by atoms with Crippen molar-refractivity contribution >= 4 is 5.97 Å². The zero-order chi connectivity index (χ0) is 13.7. The molecule has 0 spiro atoms. The van der Waals surface area contributed by atoms with Gasteiger partial charge < -0.3 is 10.5 Å². The Morgan fingerprint density at radius 2 is 2.32 bits per heavy atom. The summed E-state index contributed by atoms with van der Waals surface area (Å²) in [5.41, 5.74) is 6.83. The molecule has 0 amide bonds. The van der Waals surface area contributed by atoms with Gasteiger partial charge in [-0.1, -0.05) is 11.3 Å². The lowest BCUT2D eigenvalue weighted by Gasteiger charge is -2.06. The fourth-order valence-electron chi connectivity index (χ4n) is 1.69. The minimum absolute atomic E-state index is 0.161. The Morgan fingerprint density at radius 1 is 1.47 bits per heavy atom. The van der Waals surface area contributed by atoms with E-state index < -0.39 is 5.97 Å². The largest absolute Gasteiger partial charge is 0.461 e. The molecule has 0 aliphatic carbocycles. The van der Waals surface area contributed by atoms with Gasteiger partial charge in [-0.25, -0.2) is 9.48 Å². The van der Waals surface area contributed by atoms with E-state index in [1.807, 2.05) is 6.07 Å². The predicted molar refractivity (Wildman–Crippen MR) is 68.3 cm³/mol. The number of esters is 1. The first-order valence-corrected chi connectivity index (χ1v) is 6.00. The summed E-state index contributed by atoms with van der Waals surface area (Å²) in [6, 6.07) is 5.41.